The highest BCUT2D eigenvalue weighted by molar-refractivity contribution is 5.87. The summed E-state index contributed by atoms with van der Waals surface area (Å²) in [5, 5.41) is 5.48. The first-order valence-electron chi connectivity index (χ1n) is 9.47. The molecule has 6 heteroatoms. The topological polar surface area (TPSA) is 71.3 Å². The molecular formula is C23H23FN2O3. The summed E-state index contributed by atoms with van der Waals surface area (Å²) in [6, 6.07) is 18.7. The van der Waals surface area contributed by atoms with Gasteiger partial charge in [0, 0.05) is 19.4 Å². The summed E-state index contributed by atoms with van der Waals surface area (Å²) >= 11 is 0. The van der Waals surface area contributed by atoms with E-state index in [1.165, 1.54) is 6.07 Å². The zero-order valence-corrected chi connectivity index (χ0v) is 16.2. The number of nitrogens with one attached hydrogen (secondary N) is 2. The van der Waals surface area contributed by atoms with Crippen molar-refractivity contribution in [2.45, 2.75) is 32.4 Å². The van der Waals surface area contributed by atoms with Crippen LogP contribution in [0.15, 0.2) is 71.1 Å². The van der Waals surface area contributed by atoms with Crippen molar-refractivity contribution in [3.8, 4) is 11.3 Å². The van der Waals surface area contributed by atoms with E-state index in [-0.39, 0.29) is 24.1 Å². The van der Waals surface area contributed by atoms with Gasteiger partial charge in [0.25, 0.3) is 0 Å². The van der Waals surface area contributed by atoms with Crippen molar-refractivity contribution in [1.82, 2.24) is 10.6 Å². The predicted molar refractivity (Wildman–Crippen MR) is 108 cm³/mol. The lowest BCUT2D eigenvalue weighted by molar-refractivity contribution is -0.128. The highest BCUT2D eigenvalue weighted by atomic mass is 19.1. The lowest BCUT2D eigenvalue weighted by Crippen LogP contribution is -2.44. The molecular weight excluding hydrogens is 371 g/mol. The van der Waals surface area contributed by atoms with Crippen molar-refractivity contribution < 1.29 is 18.4 Å². The standard InChI is InChI=1S/C23H23FN2O3/c1-16(23(28)25-15-17-7-3-2-4-8-17)26-22(27)14-12-18-11-13-21(29-18)19-9-5-6-10-20(19)24/h2-11,13,16H,12,14-15H2,1H3,(H,25,28)(H,26,27). The second kappa shape index (κ2) is 9.68. The number of halogens is 1. The van der Waals surface area contributed by atoms with Gasteiger partial charge in [0.1, 0.15) is 23.4 Å². The average Bonchev–Trinajstić information content (AvgIpc) is 3.20. The van der Waals surface area contributed by atoms with E-state index in [9.17, 15) is 14.0 Å². The lowest BCUT2D eigenvalue weighted by Gasteiger charge is -2.14. The molecule has 2 N–H and O–H groups in total. The van der Waals surface area contributed by atoms with Crippen molar-refractivity contribution in [3.63, 3.8) is 0 Å². The van der Waals surface area contributed by atoms with Gasteiger partial charge in [-0.2, -0.15) is 0 Å². The summed E-state index contributed by atoms with van der Waals surface area (Å²) in [7, 11) is 0. The van der Waals surface area contributed by atoms with Crippen LogP contribution in [0.1, 0.15) is 24.7 Å². The van der Waals surface area contributed by atoms with Gasteiger partial charge < -0.3 is 15.1 Å². The van der Waals surface area contributed by atoms with Gasteiger partial charge in [-0.05, 0) is 36.8 Å². The van der Waals surface area contributed by atoms with Crippen LogP contribution >= 0.6 is 0 Å². The summed E-state index contributed by atoms with van der Waals surface area (Å²) < 4.78 is 19.5. The van der Waals surface area contributed by atoms with E-state index in [2.05, 4.69) is 10.6 Å². The molecule has 5 nitrogen and oxygen atoms in total. The van der Waals surface area contributed by atoms with Gasteiger partial charge in [0.2, 0.25) is 11.8 Å². The van der Waals surface area contributed by atoms with Crippen LogP contribution in [-0.2, 0) is 22.6 Å². The summed E-state index contributed by atoms with van der Waals surface area (Å²) in [5.74, 6) is 0.145. The maximum Gasteiger partial charge on any atom is 0.242 e. The number of aryl methyl sites for hydroxylation is 1. The summed E-state index contributed by atoms with van der Waals surface area (Å²) in [6.45, 7) is 2.05. The molecule has 2 aromatic carbocycles. The van der Waals surface area contributed by atoms with Gasteiger partial charge in [-0.25, -0.2) is 4.39 Å². The first-order chi connectivity index (χ1) is 14.0. The van der Waals surface area contributed by atoms with E-state index < -0.39 is 6.04 Å². The summed E-state index contributed by atoms with van der Waals surface area (Å²) in [6.07, 6.45) is 0.527. The smallest absolute Gasteiger partial charge is 0.242 e. The molecule has 0 saturated carbocycles. The van der Waals surface area contributed by atoms with Gasteiger partial charge in [-0.15, -0.1) is 0 Å². The van der Waals surface area contributed by atoms with Crippen LogP contribution in [0.3, 0.4) is 0 Å². The van der Waals surface area contributed by atoms with Crippen molar-refractivity contribution in [1.29, 1.82) is 0 Å². The van der Waals surface area contributed by atoms with E-state index in [1.807, 2.05) is 30.3 Å². The highest BCUT2D eigenvalue weighted by Gasteiger charge is 2.16. The van der Waals surface area contributed by atoms with Crippen molar-refractivity contribution >= 4 is 11.8 Å². The van der Waals surface area contributed by atoms with Gasteiger partial charge in [0.05, 0.1) is 5.56 Å². The Balaban J connectivity index is 1.45. The monoisotopic (exact) mass is 394 g/mol. The third-order valence-electron chi connectivity index (χ3n) is 4.48. The highest BCUT2D eigenvalue weighted by Crippen LogP contribution is 2.25. The molecule has 1 aromatic heterocycles. The van der Waals surface area contributed by atoms with Gasteiger partial charge in [-0.1, -0.05) is 42.5 Å². The number of rotatable bonds is 8. The van der Waals surface area contributed by atoms with E-state index >= 15 is 0 Å². The maximum atomic E-state index is 13.8. The molecule has 0 spiro atoms. The Labute approximate surface area is 168 Å². The Hall–Kier alpha value is -3.41. The van der Waals surface area contributed by atoms with Crippen LogP contribution in [0.25, 0.3) is 11.3 Å². The van der Waals surface area contributed by atoms with Gasteiger partial charge >= 0.3 is 0 Å². The molecule has 3 rings (SSSR count). The Morgan fingerprint density at radius 3 is 2.48 bits per heavy atom. The molecule has 2 amide bonds. The lowest BCUT2D eigenvalue weighted by atomic mass is 10.1. The minimum atomic E-state index is -0.642. The minimum Gasteiger partial charge on any atom is -0.461 e. The van der Waals surface area contributed by atoms with Crippen molar-refractivity contribution in [2.24, 2.45) is 0 Å². The minimum absolute atomic E-state index is 0.167. The zero-order valence-electron chi connectivity index (χ0n) is 16.2. The van der Waals surface area contributed by atoms with E-state index in [0.29, 0.717) is 30.0 Å². The molecule has 0 radical (unpaired) electrons. The normalized spacial score (nSPS) is 11.7. The Kier molecular flexibility index (Phi) is 6.79. The number of carbonyl (C=O) groups excluding carboxylic acids is 2. The van der Waals surface area contributed by atoms with Crippen LogP contribution in [0.5, 0.6) is 0 Å². The number of carbonyl (C=O) groups is 2. The first-order valence-corrected chi connectivity index (χ1v) is 9.47. The SMILES string of the molecule is CC(NC(=O)CCc1ccc(-c2ccccc2F)o1)C(=O)NCc1ccccc1. The molecule has 0 saturated heterocycles. The molecule has 0 fully saturated rings. The largest absolute Gasteiger partial charge is 0.461 e. The van der Waals surface area contributed by atoms with Crippen molar-refractivity contribution in [2.75, 3.05) is 0 Å². The second-order valence-electron chi connectivity index (χ2n) is 6.74. The molecule has 1 atom stereocenters. The molecule has 0 aliphatic carbocycles. The third-order valence-corrected chi connectivity index (χ3v) is 4.48. The number of hydrogen-bond donors (Lipinski definition) is 2. The Morgan fingerprint density at radius 2 is 1.72 bits per heavy atom. The quantitative estimate of drug-likeness (QED) is 0.610. The van der Waals surface area contributed by atoms with E-state index in [4.69, 9.17) is 4.42 Å². The Morgan fingerprint density at radius 1 is 1.00 bits per heavy atom. The maximum absolute atomic E-state index is 13.8. The second-order valence-corrected chi connectivity index (χ2v) is 6.74. The molecule has 3 aromatic rings. The fraction of sp³-hybridized carbons (Fsp3) is 0.217. The van der Waals surface area contributed by atoms with Crippen LogP contribution in [0, 0.1) is 5.82 Å². The number of furan rings is 1. The molecule has 0 bridgehead atoms. The molecule has 150 valence electrons. The number of amides is 2. The summed E-state index contributed by atoms with van der Waals surface area (Å²) in [5.41, 5.74) is 1.37. The predicted octanol–water partition coefficient (Wildman–Crippen LogP) is 3.84. The van der Waals surface area contributed by atoms with Crippen LogP contribution in [0.4, 0.5) is 4.39 Å². The van der Waals surface area contributed by atoms with Crippen molar-refractivity contribution in [3.05, 3.63) is 83.9 Å². The molecule has 0 aliphatic heterocycles. The van der Waals surface area contributed by atoms with Crippen LogP contribution < -0.4 is 10.6 Å². The fourth-order valence-electron chi connectivity index (χ4n) is 2.87. The molecule has 29 heavy (non-hydrogen) atoms. The molecule has 0 aliphatic rings. The van der Waals surface area contributed by atoms with Crippen LogP contribution in [-0.4, -0.2) is 17.9 Å². The number of hydrogen-bond acceptors (Lipinski definition) is 3. The summed E-state index contributed by atoms with van der Waals surface area (Å²) in [4.78, 5) is 24.3. The zero-order chi connectivity index (χ0) is 20.6. The molecule has 1 unspecified atom stereocenters. The fourth-order valence-corrected chi connectivity index (χ4v) is 2.87. The van der Waals surface area contributed by atoms with Crippen LogP contribution in [0.2, 0.25) is 0 Å². The van der Waals surface area contributed by atoms with Gasteiger partial charge in [-0.3, -0.25) is 9.59 Å². The average molecular weight is 394 g/mol. The Bertz CT molecular complexity index is 969. The number of benzene rings is 2. The van der Waals surface area contributed by atoms with Gasteiger partial charge in [0.15, 0.2) is 0 Å². The molecule has 1 heterocycles. The third kappa shape index (κ3) is 5.78. The first kappa shape index (κ1) is 20.3. The van der Waals surface area contributed by atoms with E-state index in [0.717, 1.165) is 5.56 Å². The van der Waals surface area contributed by atoms with E-state index in [1.54, 1.807) is 37.3 Å².